The monoisotopic (exact) mass is 285 g/mol. The van der Waals surface area contributed by atoms with Crippen LogP contribution in [0, 0.1) is 0 Å². The van der Waals surface area contributed by atoms with E-state index in [-0.39, 0.29) is 24.2 Å². The van der Waals surface area contributed by atoms with Crippen molar-refractivity contribution in [3.05, 3.63) is 33.8 Å². The van der Waals surface area contributed by atoms with E-state index in [4.69, 9.17) is 23.2 Å². The Morgan fingerprint density at radius 2 is 2.00 bits per heavy atom. The predicted octanol–water partition coefficient (Wildman–Crippen LogP) is 3.25. The third-order valence-corrected chi connectivity index (χ3v) is 3.74. The summed E-state index contributed by atoms with van der Waals surface area (Å²) >= 11 is 12.0. The number of amides is 1. The Balaban J connectivity index is 2.23. The lowest BCUT2D eigenvalue weighted by atomic mass is 10.0. The first kappa shape index (κ1) is 13.4. The Bertz CT molecular complexity index is 502. The molecule has 1 aliphatic rings. The zero-order valence-electron chi connectivity index (χ0n) is 9.95. The molecule has 1 aliphatic heterocycles. The van der Waals surface area contributed by atoms with Crippen molar-refractivity contribution in [2.24, 2.45) is 0 Å². The van der Waals surface area contributed by atoms with E-state index < -0.39 is 0 Å². The minimum atomic E-state index is -0.143. The highest BCUT2D eigenvalue weighted by Gasteiger charge is 2.28. The van der Waals surface area contributed by atoms with Crippen LogP contribution in [0.1, 0.15) is 31.4 Å². The Morgan fingerprint density at radius 3 is 2.61 bits per heavy atom. The number of piperidine rings is 1. The van der Waals surface area contributed by atoms with Crippen molar-refractivity contribution in [1.29, 1.82) is 0 Å². The number of rotatable bonds is 2. The van der Waals surface area contributed by atoms with Gasteiger partial charge in [0.25, 0.3) is 0 Å². The van der Waals surface area contributed by atoms with Crippen LogP contribution in [-0.4, -0.2) is 23.1 Å². The van der Waals surface area contributed by atoms with Crippen molar-refractivity contribution in [1.82, 2.24) is 4.90 Å². The van der Waals surface area contributed by atoms with E-state index in [0.29, 0.717) is 23.0 Å². The van der Waals surface area contributed by atoms with Gasteiger partial charge in [-0.15, -0.1) is 0 Å². The normalized spacial score (nSPS) is 18.1. The molecule has 5 heteroatoms. The molecular formula is C13H13Cl2NO2. The van der Waals surface area contributed by atoms with E-state index in [0.717, 1.165) is 5.56 Å². The summed E-state index contributed by atoms with van der Waals surface area (Å²) in [4.78, 5) is 24.7. The number of halogens is 2. The molecule has 1 aromatic rings. The fourth-order valence-electron chi connectivity index (χ4n) is 2.15. The van der Waals surface area contributed by atoms with E-state index in [9.17, 15) is 9.59 Å². The number of hydrogen-bond acceptors (Lipinski definition) is 2. The quantitative estimate of drug-likeness (QED) is 0.783. The molecule has 0 aliphatic carbocycles. The molecule has 96 valence electrons. The summed E-state index contributed by atoms with van der Waals surface area (Å²) in [6.07, 6.45) is 0.414. The molecule has 18 heavy (non-hydrogen) atoms. The molecule has 2 rings (SSSR count). The van der Waals surface area contributed by atoms with Crippen LogP contribution in [0.5, 0.6) is 0 Å². The van der Waals surface area contributed by atoms with Crippen molar-refractivity contribution >= 4 is 34.9 Å². The second kappa shape index (κ2) is 5.29. The van der Waals surface area contributed by atoms with E-state index in [1.165, 1.54) is 0 Å². The molecule has 1 unspecified atom stereocenters. The lowest BCUT2D eigenvalue weighted by Crippen LogP contribution is -2.40. The summed E-state index contributed by atoms with van der Waals surface area (Å²) < 4.78 is 0. The number of ketones is 1. The summed E-state index contributed by atoms with van der Waals surface area (Å²) in [5.74, 6) is -0.129. The molecule has 0 saturated carbocycles. The maximum atomic E-state index is 11.8. The van der Waals surface area contributed by atoms with Gasteiger partial charge in [0.15, 0.2) is 0 Å². The second-order valence-electron chi connectivity index (χ2n) is 4.39. The van der Waals surface area contributed by atoms with Crippen LogP contribution >= 0.6 is 23.2 Å². The fourth-order valence-corrected chi connectivity index (χ4v) is 2.71. The molecule has 1 atom stereocenters. The third kappa shape index (κ3) is 2.68. The van der Waals surface area contributed by atoms with Crippen molar-refractivity contribution in [2.45, 2.75) is 25.8 Å². The van der Waals surface area contributed by atoms with E-state index in [1.54, 1.807) is 17.0 Å². The number of likely N-dealkylation sites (tertiary alicyclic amines) is 1. The number of hydrogen-bond donors (Lipinski definition) is 0. The van der Waals surface area contributed by atoms with E-state index >= 15 is 0 Å². The zero-order valence-corrected chi connectivity index (χ0v) is 11.5. The molecule has 0 radical (unpaired) electrons. The highest BCUT2D eigenvalue weighted by Crippen LogP contribution is 2.31. The molecule has 1 saturated heterocycles. The third-order valence-electron chi connectivity index (χ3n) is 3.18. The summed E-state index contributed by atoms with van der Waals surface area (Å²) in [5, 5.41) is 1.11. The highest BCUT2D eigenvalue weighted by atomic mass is 35.5. The first-order valence-electron chi connectivity index (χ1n) is 5.75. The van der Waals surface area contributed by atoms with Crippen LogP contribution < -0.4 is 0 Å². The summed E-state index contributed by atoms with van der Waals surface area (Å²) in [6.45, 7) is 2.36. The van der Waals surface area contributed by atoms with Crippen molar-refractivity contribution in [3.63, 3.8) is 0 Å². The first-order valence-corrected chi connectivity index (χ1v) is 6.50. The van der Waals surface area contributed by atoms with Crippen LogP contribution in [0.25, 0.3) is 0 Å². The van der Waals surface area contributed by atoms with Gasteiger partial charge in [0.1, 0.15) is 5.78 Å². The SMILES string of the molecule is CC(c1ccc(Cl)cc1Cl)N1CCC(=O)CC1=O. The maximum Gasteiger partial charge on any atom is 0.230 e. The number of carbonyl (C=O) groups is 2. The number of benzene rings is 1. The second-order valence-corrected chi connectivity index (χ2v) is 5.24. The predicted molar refractivity (Wildman–Crippen MR) is 70.8 cm³/mol. The van der Waals surface area contributed by atoms with Crippen LogP contribution in [0.4, 0.5) is 0 Å². The van der Waals surface area contributed by atoms with Gasteiger partial charge < -0.3 is 4.90 Å². The molecule has 1 heterocycles. The lowest BCUT2D eigenvalue weighted by Gasteiger charge is -2.32. The molecule has 1 amide bonds. The van der Waals surface area contributed by atoms with Crippen LogP contribution in [0.2, 0.25) is 10.0 Å². The number of Topliss-reactive ketones (excluding diaryl/α,β-unsaturated/α-hetero) is 1. The van der Waals surface area contributed by atoms with Crippen LogP contribution in [0.15, 0.2) is 18.2 Å². The van der Waals surface area contributed by atoms with Gasteiger partial charge in [-0.25, -0.2) is 0 Å². The molecular weight excluding hydrogens is 273 g/mol. The average Bonchev–Trinajstić information content (AvgIpc) is 2.28. The summed E-state index contributed by atoms with van der Waals surface area (Å²) in [6, 6.07) is 5.09. The van der Waals surface area contributed by atoms with Crippen molar-refractivity contribution < 1.29 is 9.59 Å². The van der Waals surface area contributed by atoms with Gasteiger partial charge in [0.2, 0.25) is 5.91 Å². The molecule has 0 bridgehead atoms. The highest BCUT2D eigenvalue weighted by molar-refractivity contribution is 6.35. The Hall–Kier alpha value is -1.06. The molecule has 3 nitrogen and oxygen atoms in total. The number of nitrogens with zero attached hydrogens (tertiary/aromatic N) is 1. The first-order chi connectivity index (χ1) is 8.49. The largest absolute Gasteiger partial charge is 0.335 e. The van der Waals surface area contributed by atoms with Gasteiger partial charge in [-0.05, 0) is 24.6 Å². The number of carbonyl (C=O) groups excluding carboxylic acids is 2. The van der Waals surface area contributed by atoms with Gasteiger partial charge in [-0.2, -0.15) is 0 Å². The van der Waals surface area contributed by atoms with E-state index in [2.05, 4.69) is 0 Å². The molecule has 1 fully saturated rings. The lowest BCUT2D eigenvalue weighted by molar-refractivity contribution is -0.141. The fraction of sp³-hybridized carbons (Fsp3) is 0.385. The molecule has 0 aromatic heterocycles. The zero-order chi connectivity index (χ0) is 13.3. The Labute approximate surface area is 116 Å². The van der Waals surface area contributed by atoms with Crippen molar-refractivity contribution in [3.8, 4) is 0 Å². The smallest absolute Gasteiger partial charge is 0.230 e. The minimum Gasteiger partial charge on any atom is -0.335 e. The van der Waals surface area contributed by atoms with Gasteiger partial charge in [0, 0.05) is 23.0 Å². The van der Waals surface area contributed by atoms with Crippen molar-refractivity contribution in [2.75, 3.05) is 6.54 Å². The molecule has 0 spiro atoms. The summed E-state index contributed by atoms with van der Waals surface area (Å²) in [7, 11) is 0. The minimum absolute atomic E-state index is 0.00442. The molecule has 0 N–H and O–H groups in total. The van der Waals surface area contributed by atoms with Crippen LogP contribution in [-0.2, 0) is 9.59 Å². The maximum absolute atomic E-state index is 11.8. The summed E-state index contributed by atoms with van der Waals surface area (Å²) in [5.41, 5.74) is 0.851. The van der Waals surface area contributed by atoms with Gasteiger partial charge >= 0.3 is 0 Å². The van der Waals surface area contributed by atoms with Gasteiger partial charge in [-0.3, -0.25) is 9.59 Å². The Kier molecular flexibility index (Phi) is 3.93. The van der Waals surface area contributed by atoms with Crippen LogP contribution in [0.3, 0.4) is 0 Å². The molecule has 1 aromatic carbocycles. The average molecular weight is 286 g/mol. The van der Waals surface area contributed by atoms with Gasteiger partial charge in [-0.1, -0.05) is 29.3 Å². The van der Waals surface area contributed by atoms with E-state index in [1.807, 2.05) is 13.0 Å². The topological polar surface area (TPSA) is 37.4 Å². The Morgan fingerprint density at radius 1 is 1.28 bits per heavy atom. The van der Waals surface area contributed by atoms with Gasteiger partial charge in [0.05, 0.1) is 12.5 Å². The standard InChI is InChI=1S/C13H13Cl2NO2/c1-8(11-3-2-9(14)6-12(11)15)16-5-4-10(17)7-13(16)18/h2-3,6,8H,4-5,7H2,1H3.